The monoisotopic (exact) mass is 513 g/mol. The fourth-order valence-corrected chi connectivity index (χ4v) is 11.1. The minimum Gasteiger partial charge on any atom is -0.481 e. The van der Waals surface area contributed by atoms with Gasteiger partial charge in [-0.3, -0.25) is 14.4 Å². The van der Waals surface area contributed by atoms with E-state index >= 15 is 0 Å². The van der Waals surface area contributed by atoms with Crippen molar-refractivity contribution in [3.8, 4) is 0 Å². The van der Waals surface area contributed by atoms with Crippen LogP contribution in [-0.4, -0.2) is 34.0 Å². The summed E-state index contributed by atoms with van der Waals surface area (Å²) in [5.41, 5.74) is 4.46. The summed E-state index contributed by atoms with van der Waals surface area (Å²) < 4.78 is 0. The predicted octanol–water partition coefficient (Wildman–Crippen LogP) is 4.98. The molecular weight excluding hydrogens is 466 g/mol. The molecule has 0 aromatic heterocycles. The SMILES string of the molecule is C[C@H]1[C@H](C)CC[C@]2(C)CC[C@]3(C)C(=CC(=O)[C@@H]4[C@@]5(C)CC(C(N)=O)[C@H](O)[C@](C)(C(=O)O)[C@@H]5CC[C@]43C)[C@H]12. The maximum atomic E-state index is 14.4. The number of carbonyl (C=O) groups is 3. The number of rotatable bonds is 2. The summed E-state index contributed by atoms with van der Waals surface area (Å²) in [4.78, 5) is 39.6. The normalized spacial score (nSPS) is 55.2. The Balaban J connectivity index is 1.68. The van der Waals surface area contributed by atoms with Gasteiger partial charge in [0.1, 0.15) is 0 Å². The van der Waals surface area contributed by atoms with Gasteiger partial charge >= 0.3 is 5.97 Å². The maximum absolute atomic E-state index is 14.4. The number of aliphatic carboxylic acids is 1. The van der Waals surface area contributed by atoms with Crippen LogP contribution in [0.15, 0.2) is 11.6 Å². The number of amides is 1. The van der Waals surface area contributed by atoms with E-state index in [-0.39, 0.29) is 28.4 Å². The van der Waals surface area contributed by atoms with E-state index in [1.807, 2.05) is 13.0 Å². The van der Waals surface area contributed by atoms with Crippen LogP contribution < -0.4 is 5.73 Å². The summed E-state index contributed by atoms with van der Waals surface area (Å²) in [6, 6.07) is 0. The van der Waals surface area contributed by atoms with E-state index in [4.69, 9.17) is 5.73 Å². The van der Waals surface area contributed by atoms with Crippen LogP contribution in [0.1, 0.15) is 93.4 Å². The number of allylic oxidation sites excluding steroid dienone is 2. The number of carbonyl (C=O) groups excluding carboxylic acids is 2. The highest BCUT2D eigenvalue weighted by atomic mass is 16.4. The molecule has 5 aliphatic rings. The van der Waals surface area contributed by atoms with Crippen molar-refractivity contribution >= 4 is 17.7 Å². The third kappa shape index (κ3) is 3.11. The molecule has 0 radical (unpaired) electrons. The van der Waals surface area contributed by atoms with Crippen molar-refractivity contribution in [2.24, 2.45) is 68.3 Å². The van der Waals surface area contributed by atoms with Crippen LogP contribution in [-0.2, 0) is 14.4 Å². The van der Waals surface area contributed by atoms with Gasteiger partial charge in [0.2, 0.25) is 5.91 Å². The van der Waals surface area contributed by atoms with Crippen molar-refractivity contribution < 1.29 is 24.6 Å². The summed E-state index contributed by atoms with van der Waals surface area (Å²) in [6.45, 7) is 15.4. The summed E-state index contributed by atoms with van der Waals surface area (Å²) in [5, 5.41) is 21.6. The first-order valence-electron chi connectivity index (χ1n) is 14.5. The second kappa shape index (κ2) is 7.92. The Morgan fingerprint density at radius 3 is 2.24 bits per heavy atom. The lowest BCUT2D eigenvalue weighted by Crippen LogP contribution is -2.70. The van der Waals surface area contributed by atoms with E-state index in [9.17, 15) is 24.6 Å². The molecule has 6 heteroatoms. The van der Waals surface area contributed by atoms with Crippen molar-refractivity contribution in [1.82, 2.24) is 0 Å². The third-order valence-corrected chi connectivity index (χ3v) is 13.6. The predicted molar refractivity (Wildman–Crippen MR) is 141 cm³/mol. The second-order valence-electron chi connectivity index (χ2n) is 15.0. The molecule has 0 aromatic carbocycles. The standard InChI is InChI=1S/C31H47NO5/c1-16-8-10-27(3)12-13-29(5)19(22(27)17(16)2)14-20(33)23-28(4)15-18(25(32)35)24(34)31(7,26(36)37)21(28)9-11-30(23,29)6/h14,16-18,21-24,34H,8-13,15H2,1-7H3,(H2,32,35)(H,36,37)/t16-,17+,18?,21-,22+,23-,24+,27-,28+,29-,30-,31-/m1/s1. The first kappa shape index (κ1) is 26.9. The molecule has 37 heavy (non-hydrogen) atoms. The van der Waals surface area contributed by atoms with Gasteiger partial charge < -0.3 is 15.9 Å². The number of hydrogen-bond donors (Lipinski definition) is 3. The smallest absolute Gasteiger partial charge is 0.312 e. The summed E-state index contributed by atoms with van der Waals surface area (Å²) in [6.07, 6.45) is 6.78. The van der Waals surface area contributed by atoms with Crippen LogP contribution in [0.2, 0.25) is 0 Å². The molecule has 1 amide bonds. The Bertz CT molecular complexity index is 1080. The van der Waals surface area contributed by atoms with Crippen LogP contribution in [0.5, 0.6) is 0 Å². The van der Waals surface area contributed by atoms with Crippen LogP contribution in [0.4, 0.5) is 0 Å². The van der Waals surface area contributed by atoms with Gasteiger partial charge in [0.05, 0.1) is 17.4 Å². The van der Waals surface area contributed by atoms with Crippen LogP contribution in [0.3, 0.4) is 0 Å². The zero-order chi connectivity index (χ0) is 27.5. The highest BCUT2D eigenvalue weighted by Gasteiger charge is 2.73. The number of aliphatic hydroxyl groups excluding tert-OH is 1. The second-order valence-corrected chi connectivity index (χ2v) is 15.0. The minimum absolute atomic E-state index is 0.0872. The highest BCUT2D eigenvalue weighted by molar-refractivity contribution is 5.96. The van der Waals surface area contributed by atoms with E-state index in [1.165, 1.54) is 18.4 Å². The summed E-state index contributed by atoms with van der Waals surface area (Å²) >= 11 is 0. The largest absolute Gasteiger partial charge is 0.481 e. The Labute approximate surface area is 221 Å². The van der Waals surface area contributed by atoms with E-state index in [1.54, 1.807) is 6.92 Å². The van der Waals surface area contributed by atoms with Crippen molar-refractivity contribution in [3.63, 3.8) is 0 Å². The molecule has 0 spiro atoms. The number of nitrogens with two attached hydrogens (primary N) is 1. The zero-order valence-electron chi connectivity index (χ0n) is 23.8. The summed E-state index contributed by atoms with van der Waals surface area (Å²) in [7, 11) is 0. The third-order valence-electron chi connectivity index (χ3n) is 13.6. The Morgan fingerprint density at radius 2 is 1.65 bits per heavy atom. The van der Waals surface area contributed by atoms with Crippen LogP contribution >= 0.6 is 0 Å². The fraction of sp³-hybridized carbons (Fsp3) is 0.839. The first-order valence-corrected chi connectivity index (χ1v) is 14.5. The van der Waals surface area contributed by atoms with Crippen molar-refractivity contribution in [1.29, 1.82) is 0 Å². The van der Waals surface area contributed by atoms with Gasteiger partial charge in [0.15, 0.2) is 5.78 Å². The number of ketones is 1. The number of carboxylic acids is 1. The van der Waals surface area contributed by atoms with Crippen molar-refractivity contribution in [2.45, 2.75) is 99.5 Å². The minimum atomic E-state index is -1.54. The van der Waals surface area contributed by atoms with E-state index in [2.05, 4.69) is 34.6 Å². The zero-order valence-corrected chi connectivity index (χ0v) is 23.8. The number of hydrogen-bond acceptors (Lipinski definition) is 4. The average molecular weight is 514 g/mol. The molecule has 4 fully saturated rings. The Kier molecular flexibility index (Phi) is 5.76. The number of aliphatic hydroxyl groups is 1. The average Bonchev–Trinajstić information content (AvgIpc) is 2.80. The van der Waals surface area contributed by atoms with Crippen LogP contribution in [0.25, 0.3) is 0 Å². The Hall–Kier alpha value is -1.69. The molecule has 4 N–H and O–H groups in total. The van der Waals surface area contributed by atoms with E-state index in [0.29, 0.717) is 24.2 Å². The van der Waals surface area contributed by atoms with Gasteiger partial charge in [-0.1, -0.05) is 47.1 Å². The van der Waals surface area contributed by atoms with Gasteiger partial charge in [0, 0.05) is 5.92 Å². The van der Waals surface area contributed by atoms with Crippen LogP contribution in [0, 0.1) is 62.6 Å². The number of primary amides is 1. The lowest BCUT2D eigenvalue weighted by molar-refractivity contribution is -0.225. The molecule has 0 bridgehead atoms. The first-order chi connectivity index (χ1) is 17.0. The molecule has 0 saturated heterocycles. The van der Waals surface area contributed by atoms with Crippen molar-refractivity contribution in [3.05, 3.63) is 11.6 Å². The molecular formula is C31H47NO5. The molecule has 1 unspecified atom stereocenters. The lowest BCUT2D eigenvalue weighted by Gasteiger charge is -2.70. The quantitative estimate of drug-likeness (QED) is 0.481. The van der Waals surface area contributed by atoms with E-state index < -0.39 is 46.6 Å². The van der Waals surface area contributed by atoms with Gasteiger partial charge in [-0.25, -0.2) is 0 Å². The fourth-order valence-electron chi connectivity index (χ4n) is 11.1. The topological polar surface area (TPSA) is 118 Å². The number of fused-ring (bicyclic) bond motifs is 7. The molecule has 0 aliphatic heterocycles. The molecule has 6 nitrogen and oxygen atoms in total. The molecule has 12 atom stereocenters. The molecule has 0 heterocycles. The molecule has 206 valence electrons. The van der Waals surface area contributed by atoms with Gasteiger partial charge in [-0.2, -0.15) is 0 Å². The highest BCUT2D eigenvalue weighted by Crippen LogP contribution is 2.75. The van der Waals surface area contributed by atoms with Crippen molar-refractivity contribution in [2.75, 3.05) is 0 Å². The lowest BCUT2D eigenvalue weighted by atomic mass is 9.32. The summed E-state index contributed by atoms with van der Waals surface area (Å²) in [5.74, 6) is -2.06. The van der Waals surface area contributed by atoms with Gasteiger partial charge in [-0.15, -0.1) is 0 Å². The Morgan fingerprint density at radius 1 is 1.00 bits per heavy atom. The van der Waals surface area contributed by atoms with E-state index in [0.717, 1.165) is 19.3 Å². The molecule has 0 aromatic rings. The molecule has 5 aliphatic carbocycles. The molecule has 4 saturated carbocycles. The maximum Gasteiger partial charge on any atom is 0.312 e. The van der Waals surface area contributed by atoms with Gasteiger partial charge in [0.25, 0.3) is 0 Å². The molecule has 5 rings (SSSR count). The number of carboxylic acid groups (broad SMARTS) is 1. The van der Waals surface area contributed by atoms with Gasteiger partial charge in [-0.05, 0) is 103 Å².